The van der Waals surface area contributed by atoms with Crippen molar-refractivity contribution in [3.8, 4) is 11.8 Å². The van der Waals surface area contributed by atoms with E-state index in [1.54, 1.807) is 24.3 Å². The number of nitro groups is 1. The number of methoxy groups -OCH3 is 1. The third-order valence-corrected chi connectivity index (χ3v) is 2.87. The first-order chi connectivity index (χ1) is 10.5. The SMILES string of the molecule is COC(=O)c1ccc(N)c(C#Cc2cccc([N+](=O)[O-])c2)c1. The molecule has 0 amide bonds. The summed E-state index contributed by atoms with van der Waals surface area (Å²) in [4.78, 5) is 21.7. The molecule has 0 aliphatic heterocycles. The highest BCUT2D eigenvalue weighted by Crippen LogP contribution is 2.15. The number of carbonyl (C=O) groups excluding carboxylic acids is 1. The molecule has 22 heavy (non-hydrogen) atoms. The lowest BCUT2D eigenvalue weighted by Crippen LogP contribution is -2.02. The molecule has 0 unspecified atom stereocenters. The Kier molecular flexibility index (Phi) is 4.39. The van der Waals surface area contributed by atoms with Crippen molar-refractivity contribution in [2.45, 2.75) is 0 Å². The molecule has 2 aromatic rings. The van der Waals surface area contributed by atoms with Gasteiger partial charge in [0.15, 0.2) is 0 Å². The first-order valence-corrected chi connectivity index (χ1v) is 6.25. The fourth-order valence-corrected chi connectivity index (χ4v) is 1.75. The van der Waals surface area contributed by atoms with Crippen LogP contribution in [0.3, 0.4) is 0 Å². The van der Waals surface area contributed by atoms with Gasteiger partial charge in [-0.2, -0.15) is 0 Å². The quantitative estimate of drug-likeness (QED) is 0.302. The lowest BCUT2D eigenvalue weighted by Gasteiger charge is -2.02. The highest BCUT2D eigenvalue weighted by molar-refractivity contribution is 5.90. The van der Waals surface area contributed by atoms with Crippen LogP contribution in [-0.4, -0.2) is 18.0 Å². The van der Waals surface area contributed by atoms with Gasteiger partial charge < -0.3 is 10.5 Å². The molecule has 0 aliphatic carbocycles. The Morgan fingerprint density at radius 3 is 2.68 bits per heavy atom. The zero-order valence-electron chi connectivity index (χ0n) is 11.7. The van der Waals surface area contributed by atoms with E-state index in [4.69, 9.17) is 5.73 Å². The molecule has 0 spiro atoms. The van der Waals surface area contributed by atoms with E-state index in [1.165, 1.54) is 25.3 Å². The second-order valence-electron chi connectivity index (χ2n) is 4.35. The van der Waals surface area contributed by atoms with E-state index in [1.807, 2.05) is 0 Å². The molecular weight excluding hydrogens is 284 g/mol. The number of nitro benzene ring substituents is 1. The van der Waals surface area contributed by atoms with Gasteiger partial charge in [-0.05, 0) is 24.3 Å². The van der Waals surface area contributed by atoms with Crippen LogP contribution in [0.4, 0.5) is 11.4 Å². The standard InChI is InChI=1S/C16H12N2O4/c1-22-16(19)13-7-8-15(17)12(10-13)6-5-11-3-2-4-14(9-11)18(20)21/h2-4,7-10H,17H2,1H3. The van der Waals surface area contributed by atoms with Gasteiger partial charge in [-0.1, -0.05) is 17.9 Å². The van der Waals surface area contributed by atoms with Crippen LogP contribution in [0.2, 0.25) is 0 Å². The molecule has 0 bridgehead atoms. The first kappa shape index (κ1) is 15.1. The number of rotatable bonds is 2. The van der Waals surface area contributed by atoms with Crippen molar-refractivity contribution >= 4 is 17.3 Å². The van der Waals surface area contributed by atoms with Gasteiger partial charge >= 0.3 is 5.97 Å². The normalized spacial score (nSPS) is 9.50. The highest BCUT2D eigenvalue weighted by Gasteiger charge is 2.07. The fourth-order valence-electron chi connectivity index (χ4n) is 1.75. The van der Waals surface area contributed by atoms with Gasteiger partial charge in [-0.3, -0.25) is 10.1 Å². The average Bonchev–Trinajstić information content (AvgIpc) is 2.53. The van der Waals surface area contributed by atoms with Gasteiger partial charge in [-0.25, -0.2) is 4.79 Å². The smallest absolute Gasteiger partial charge is 0.337 e. The number of hydrogen-bond donors (Lipinski definition) is 1. The third kappa shape index (κ3) is 3.41. The van der Waals surface area contributed by atoms with Gasteiger partial charge in [0.25, 0.3) is 5.69 Å². The maximum atomic E-state index is 11.5. The largest absolute Gasteiger partial charge is 0.465 e. The molecule has 2 rings (SSSR count). The Bertz CT molecular complexity index is 803. The number of ether oxygens (including phenoxy) is 1. The van der Waals surface area contributed by atoms with Crippen LogP contribution in [0.5, 0.6) is 0 Å². The summed E-state index contributed by atoms with van der Waals surface area (Å²) in [6.07, 6.45) is 0. The van der Waals surface area contributed by atoms with Gasteiger partial charge in [0, 0.05) is 28.9 Å². The van der Waals surface area contributed by atoms with Crippen molar-refractivity contribution in [3.05, 3.63) is 69.3 Å². The van der Waals surface area contributed by atoms with Crippen LogP contribution in [0, 0.1) is 22.0 Å². The van der Waals surface area contributed by atoms with E-state index in [9.17, 15) is 14.9 Å². The first-order valence-electron chi connectivity index (χ1n) is 6.25. The molecular formula is C16H12N2O4. The Hall–Kier alpha value is -3.33. The molecule has 6 heteroatoms. The Morgan fingerprint density at radius 2 is 2.00 bits per heavy atom. The molecule has 2 N–H and O–H groups in total. The maximum absolute atomic E-state index is 11.5. The van der Waals surface area contributed by atoms with Crippen LogP contribution in [0.15, 0.2) is 42.5 Å². The van der Waals surface area contributed by atoms with Crippen molar-refractivity contribution in [2.24, 2.45) is 0 Å². The van der Waals surface area contributed by atoms with Crippen LogP contribution < -0.4 is 5.73 Å². The van der Waals surface area contributed by atoms with Crippen molar-refractivity contribution in [1.29, 1.82) is 0 Å². The van der Waals surface area contributed by atoms with Crippen molar-refractivity contribution in [1.82, 2.24) is 0 Å². The van der Waals surface area contributed by atoms with Crippen LogP contribution in [0.25, 0.3) is 0 Å². The summed E-state index contributed by atoms with van der Waals surface area (Å²) in [5.41, 5.74) is 7.45. The number of anilines is 1. The number of nitrogens with zero attached hydrogens (tertiary/aromatic N) is 1. The van der Waals surface area contributed by atoms with E-state index in [0.29, 0.717) is 22.4 Å². The summed E-state index contributed by atoms with van der Waals surface area (Å²) in [5, 5.41) is 10.7. The molecule has 0 saturated carbocycles. The Labute approximate surface area is 126 Å². The minimum atomic E-state index is -0.489. The van der Waals surface area contributed by atoms with E-state index >= 15 is 0 Å². The van der Waals surface area contributed by atoms with Crippen LogP contribution >= 0.6 is 0 Å². The molecule has 6 nitrogen and oxygen atoms in total. The highest BCUT2D eigenvalue weighted by atomic mass is 16.6. The molecule has 0 saturated heterocycles. The molecule has 0 atom stereocenters. The zero-order chi connectivity index (χ0) is 16.1. The van der Waals surface area contributed by atoms with Gasteiger partial charge in [0.2, 0.25) is 0 Å². The Balaban J connectivity index is 2.37. The predicted molar refractivity (Wildman–Crippen MR) is 81.3 cm³/mol. The summed E-state index contributed by atoms with van der Waals surface area (Å²) in [6.45, 7) is 0. The predicted octanol–water partition coefficient (Wildman–Crippen LogP) is 2.36. The number of benzene rings is 2. The van der Waals surface area contributed by atoms with Crippen LogP contribution in [-0.2, 0) is 4.74 Å². The van der Waals surface area contributed by atoms with Crippen LogP contribution in [0.1, 0.15) is 21.5 Å². The number of hydrogen-bond acceptors (Lipinski definition) is 5. The molecule has 0 aromatic heterocycles. The molecule has 110 valence electrons. The lowest BCUT2D eigenvalue weighted by molar-refractivity contribution is -0.384. The second kappa shape index (κ2) is 6.41. The zero-order valence-corrected chi connectivity index (χ0v) is 11.7. The molecule has 0 heterocycles. The second-order valence-corrected chi connectivity index (χ2v) is 4.35. The molecule has 0 radical (unpaired) electrons. The molecule has 0 aliphatic rings. The number of non-ortho nitro benzene ring substituents is 1. The summed E-state index contributed by atoms with van der Waals surface area (Å²) >= 11 is 0. The minimum absolute atomic E-state index is 0.0388. The fraction of sp³-hybridized carbons (Fsp3) is 0.0625. The summed E-state index contributed by atoms with van der Waals surface area (Å²) in [5.74, 6) is 5.12. The Morgan fingerprint density at radius 1 is 1.23 bits per heavy atom. The lowest BCUT2D eigenvalue weighted by atomic mass is 10.1. The third-order valence-electron chi connectivity index (χ3n) is 2.87. The average molecular weight is 296 g/mol. The number of carbonyl (C=O) groups is 1. The summed E-state index contributed by atoms with van der Waals surface area (Å²) in [6, 6.07) is 10.6. The summed E-state index contributed by atoms with van der Waals surface area (Å²) < 4.78 is 4.63. The van der Waals surface area contributed by atoms with Gasteiger partial charge in [0.1, 0.15) is 0 Å². The van der Waals surface area contributed by atoms with Crippen molar-refractivity contribution < 1.29 is 14.5 Å². The summed E-state index contributed by atoms with van der Waals surface area (Å²) in [7, 11) is 1.28. The number of esters is 1. The van der Waals surface area contributed by atoms with E-state index in [2.05, 4.69) is 16.6 Å². The minimum Gasteiger partial charge on any atom is -0.465 e. The van der Waals surface area contributed by atoms with E-state index < -0.39 is 10.9 Å². The van der Waals surface area contributed by atoms with Crippen molar-refractivity contribution in [3.63, 3.8) is 0 Å². The van der Waals surface area contributed by atoms with Gasteiger partial charge in [-0.15, -0.1) is 0 Å². The van der Waals surface area contributed by atoms with E-state index in [-0.39, 0.29) is 5.69 Å². The maximum Gasteiger partial charge on any atom is 0.337 e. The van der Waals surface area contributed by atoms with Gasteiger partial charge in [0.05, 0.1) is 17.6 Å². The number of nitrogen functional groups attached to an aromatic ring is 1. The molecule has 2 aromatic carbocycles. The van der Waals surface area contributed by atoms with Crippen molar-refractivity contribution in [2.75, 3.05) is 12.8 Å². The molecule has 0 fully saturated rings. The monoisotopic (exact) mass is 296 g/mol. The van der Waals surface area contributed by atoms with E-state index in [0.717, 1.165) is 0 Å². The topological polar surface area (TPSA) is 95.5 Å². The number of nitrogens with two attached hydrogens (primary N) is 1.